The number of unbranched alkanes of at least 4 members (excludes halogenated alkanes) is 1. The predicted molar refractivity (Wildman–Crippen MR) is 82.4 cm³/mol. The molecular formula is C15H21NS2. The molecule has 0 saturated heterocycles. The van der Waals surface area contributed by atoms with Gasteiger partial charge in [-0.15, -0.1) is 22.7 Å². The van der Waals surface area contributed by atoms with Gasteiger partial charge in [-0.3, -0.25) is 0 Å². The molecule has 0 radical (unpaired) electrons. The molecule has 2 heterocycles. The molecule has 2 rings (SSSR count). The number of hydrogen-bond acceptors (Lipinski definition) is 3. The van der Waals surface area contributed by atoms with Crippen molar-refractivity contribution in [3.8, 4) is 9.88 Å². The molecule has 2 aromatic rings. The molecule has 0 aliphatic rings. The van der Waals surface area contributed by atoms with E-state index in [1.807, 2.05) is 17.5 Å². The predicted octanol–water partition coefficient (Wildman–Crippen LogP) is 5.63. The van der Waals surface area contributed by atoms with E-state index in [2.05, 4.69) is 35.7 Å². The van der Waals surface area contributed by atoms with Crippen LogP contribution in [0.15, 0.2) is 23.0 Å². The lowest BCUT2D eigenvalue weighted by Crippen LogP contribution is -2.03. The van der Waals surface area contributed by atoms with E-state index in [1.165, 1.54) is 47.6 Å². The smallest absolute Gasteiger partial charge is 0.133 e. The van der Waals surface area contributed by atoms with Crippen molar-refractivity contribution in [3.05, 3.63) is 28.6 Å². The van der Waals surface area contributed by atoms with Crippen LogP contribution in [0.25, 0.3) is 9.88 Å². The Bertz CT molecular complexity index is 445. The number of thiophene rings is 1. The van der Waals surface area contributed by atoms with E-state index in [0.29, 0.717) is 0 Å². The monoisotopic (exact) mass is 279 g/mol. The summed E-state index contributed by atoms with van der Waals surface area (Å²) in [5.41, 5.74) is 1.50. The summed E-state index contributed by atoms with van der Waals surface area (Å²) in [6, 6.07) is 2.29. The molecule has 0 bridgehead atoms. The van der Waals surface area contributed by atoms with Crippen LogP contribution in [0, 0.1) is 5.92 Å². The molecule has 0 amide bonds. The summed E-state index contributed by atoms with van der Waals surface area (Å²) in [6.07, 6.45) is 8.43. The van der Waals surface area contributed by atoms with E-state index < -0.39 is 0 Å². The zero-order chi connectivity index (χ0) is 12.8. The fourth-order valence-electron chi connectivity index (χ4n) is 2.27. The van der Waals surface area contributed by atoms with E-state index in [1.54, 1.807) is 11.3 Å². The summed E-state index contributed by atoms with van der Waals surface area (Å²) in [5.74, 6) is 0.832. The second-order valence-corrected chi connectivity index (χ2v) is 6.54. The van der Waals surface area contributed by atoms with Crippen molar-refractivity contribution in [2.45, 2.75) is 46.0 Å². The highest BCUT2D eigenvalue weighted by Crippen LogP contribution is 2.33. The van der Waals surface area contributed by atoms with Crippen molar-refractivity contribution in [1.29, 1.82) is 0 Å². The molecule has 0 N–H and O–H groups in total. The molecule has 3 heteroatoms. The zero-order valence-corrected chi connectivity index (χ0v) is 12.8. The van der Waals surface area contributed by atoms with Crippen molar-refractivity contribution in [1.82, 2.24) is 4.98 Å². The number of rotatable bonds is 7. The van der Waals surface area contributed by atoms with Gasteiger partial charge < -0.3 is 0 Å². The van der Waals surface area contributed by atoms with Gasteiger partial charge in [0.1, 0.15) is 5.01 Å². The Morgan fingerprint density at radius 2 is 2.11 bits per heavy atom. The Labute approximate surface area is 118 Å². The molecule has 0 aromatic carbocycles. The van der Waals surface area contributed by atoms with Gasteiger partial charge in [0, 0.05) is 11.6 Å². The minimum absolute atomic E-state index is 0.832. The minimum Gasteiger partial charge on any atom is -0.244 e. The Balaban J connectivity index is 2.07. The lowest BCUT2D eigenvalue weighted by molar-refractivity contribution is 0.450. The van der Waals surface area contributed by atoms with Crippen molar-refractivity contribution >= 4 is 22.7 Å². The first kappa shape index (κ1) is 13.8. The average molecular weight is 279 g/mol. The Morgan fingerprint density at radius 1 is 1.22 bits per heavy atom. The van der Waals surface area contributed by atoms with Gasteiger partial charge in [0.15, 0.2) is 0 Å². The highest BCUT2D eigenvalue weighted by Gasteiger charge is 2.13. The topological polar surface area (TPSA) is 12.9 Å². The normalized spacial score (nSPS) is 12.8. The summed E-state index contributed by atoms with van der Waals surface area (Å²) < 4.78 is 0. The maximum atomic E-state index is 4.44. The van der Waals surface area contributed by atoms with Gasteiger partial charge in [-0.2, -0.15) is 0 Å². The zero-order valence-electron chi connectivity index (χ0n) is 11.2. The molecule has 0 aliphatic carbocycles. The van der Waals surface area contributed by atoms with E-state index in [9.17, 15) is 0 Å². The fourth-order valence-corrected chi connectivity index (χ4v) is 4.00. The van der Waals surface area contributed by atoms with Crippen LogP contribution in [-0.2, 0) is 6.42 Å². The van der Waals surface area contributed by atoms with E-state index in [0.717, 1.165) is 5.92 Å². The fraction of sp³-hybridized carbons (Fsp3) is 0.533. The molecule has 0 fully saturated rings. The standard InChI is InChI=1S/C15H21NS2/c1-3-5-6-12(4-2)11-13-7-9-17-14(13)15-16-8-10-18-15/h7-10,12H,3-6,11H2,1-2H3. The van der Waals surface area contributed by atoms with Crippen molar-refractivity contribution in [2.75, 3.05) is 0 Å². The van der Waals surface area contributed by atoms with E-state index in [4.69, 9.17) is 0 Å². The summed E-state index contributed by atoms with van der Waals surface area (Å²) in [5, 5.41) is 5.46. The molecule has 0 saturated carbocycles. The number of aromatic nitrogens is 1. The molecular weight excluding hydrogens is 258 g/mol. The van der Waals surface area contributed by atoms with Crippen LogP contribution in [-0.4, -0.2) is 4.98 Å². The van der Waals surface area contributed by atoms with Gasteiger partial charge in [-0.1, -0.05) is 39.5 Å². The van der Waals surface area contributed by atoms with Gasteiger partial charge in [0.05, 0.1) is 4.88 Å². The highest BCUT2D eigenvalue weighted by atomic mass is 32.1. The molecule has 0 aliphatic heterocycles. The van der Waals surface area contributed by atoms with Crippen LogP contribution in [0.3, 0.4) is 0 Å². The van der Waals surface area contributed by atoms with Gasteiger partial charge in [0.2, 0.25) is 0 Å². The average Bonchev–Trinajstić information content (AvgIpc) is 3.04. The summed E-state index contributed by atoms with van der Waals surface area (Å²) in [7, 11) is 0. The number of nitrogens with zero attached hydrogens (tertiary/aromatic N) is 1. The van der Waals surface area contributed by atoms with Gasteiger partial charge >= 0.3 is 0 Å². The number of hydrogen-bond donors (Lipinski definition) is 0. The third-order valence-electron chi connectivity index (χ3n) is 3.43. The second kappa shape index (κ2) is 7.05. The van der Waals surface area contributed by atoms with E-state index in [-0.39, 0.29) is 0 Å². The second-order valence-electron chi connectivity index (χ2n) is 4.73. The maximum Gasteiger partial charge on any atom is 0.133 e. The summed E-state index contributed by atoms with van der Waals surface area (Å²) in [4.78, 5) is 5.83. The molecule has 18 heavy (non-hydrogen) atoms. The van der Waals surface area contributed by atoms with Crippen LogP contribution in [0.2, 0.25) is 0 Å². The lowest BCUT2D eigenvalue weighted by atomic mass is 9.92. The van der Waals surface area contributed by atoms with Gasteiger partial charge in [0.25, 0.3) is 0 Å². The van der Waals surface area contributed by atoms with E-state index >= 15 is 0 Å². The largest absolute Gasteiger partial charge is 0.244 e. The van der Waals surface area contributed by atoms with Crippen LogP contribution in [0.1, 0.15) is 45.1 Å². The third-order valence-corrected chi connectivity index (χ3v) is 5.31. The first-order chi connectivity index (χ1) is 8.85. The highest BCUT2D eigenvalue weighted by molar-refractivity contribution is 7.20. The molecule has 1 unspecified atom stereocenters. The lowest BCUT2D eigenvalue weighted by Gasteiger charge is -2.14. The Hall–Kier alpha value is -0.670. The molecule has 1 nitrogen and oxygen atoms in total. The Morgan fingerprint density at radius 3 is 2.78 bits per heavy atom. The SMILES string of the molecule is CCCCC(CC)Cc1ccsc1-c1nccs1. The van der Waals surface area contributed by atoms with Crippen LogP contribution in [0.5, 0.6) is 0 Å². The molecule has 2 aromatic heterocycles. The summed E-state index contributed by atoms with van der Waals surface area (Å²) >= 11 is 3.58. The van der Waals surface area contributed by atoms with Gasteiger partial charge in [-0.05, 0) is 29.3 Å². The Kier molecular flexibility index (Phi) is 5.39. The maximum absolute atomic E-state index is 4.44. The third kappa shape index (κ3) is 3.42. The van der Waals surface area contributed by atoms with Crippen molar-refractivity contribution < 1.29 is 0 Å². The van der Waals surface area contributed by atoms with Crippen LogP contribution in [0.4, 0.5) is 0 Å². The number of thiazole rings is 1. The first-order valence-electron chi connectivity index (χ1n) is 6.81. The van der Waals surface area contributed by atoms with Gasteiger partial charge in [-0.25, -0.2) is 4.98 Å². The summed E-state index contributed by atoms with van der Waals surface area (Å²) in [6.45, 7) is 4.59. The minimum atomic E-state index is 0.832. The van der Waals surface area contributed by atoms with Crippen molar-refractivity contribution in [2.24, 2.45) is 5.92 Å². The van der Waals surface area contributed by atoms with Crippen molar-refractivity contribution in [3.63, 3.8) is 0 Å². The molecule has 98 valence electrons. The first-order valence-corrected chi connectivity index (χ1v) is 8.57. The molecule has 1 atom stereocenters. The molecule has 0 spiro atoms. The van der Waals surface area contributed by atoms with Crippen LogP contribution >= 0.6 is 22.7 Å². The quantitative estimate of drug-likeness (QED) is 0.640. The van der Waals surface area contributed by atoms with Crippen LogP contribution < -0.4 is 0 Å².